The van der Waals surface area contributed by atoms with Crippen molar-refractivity contribution in [1.82, 2.24) is 5.43 Å². The highest BCUT2D eigenvalue weighted by molar-refractivity contribution is 8.22. The minimum Gasteiger partial charge on any atom is -0.300 e. The van der Waals surface area contributed by atoms with Crippen LogP contribution in [0.3, 0.4) is 0 Å². The first-order valence-corrected chi connectivity index (χ1v) is 7.52. The van der Waals surface area contributed by atoms with Crippen molar-refractivity contribution in [2.75, 3.05) is 5.43 Å². The number of nitrogens with one attached hydrogen (secondary N) is 2. The van der Waals surface area contributed by atoms with Gasteiger partial charge in [0.05, 0.1) is 10.6 Å². The van der Waals surface area contributed by atoms with Crippen molar-refractivity contribution in [1.29, 1.82) is 0 Å². The normalized spacial score (nSPS) is 9.90. The van der Waals surface area contributed by atoms with Crippen LogP contribution in [0.4, 0.5) is 11.4 Å². The van der Waals surface area contributed by atoms with E-state index < -0.39 is 4.92 Å². The number of non-ortho nitro benzene ring substituents is 1. The number of anilines is 1. The number of hydrogen-bond acceptors (Lipinski definition) is 5. The van der Waals surface area contributed by atoms with Crippen LogP contribution in [0.25, 0.3) is 0 Å². The lowest BCUT2D eigenvalue weighted by Crippen LogP contribution is -2.25. The van der Waals surface area contributed by atoms with Crippen LogP contribution < -0.4 is 10.9 Å². The Balaban J connectivity index is 1.77. The van der Waals surface area contributed by atoms with E-state index in [4.69, 9.17) is 12.2 Å². The molecule has 2 rings (SSSR count). The summed E-state index contributed by atoms with van der Waals surface area (Å²) in [6.07, 6.45) is 0. The molecule has 21 heavy (non-hydrogen) atoms. The topological polar surface area (TPSA) is 67.2 Å². The minimum absolute atomic E-state index is 0.0570. The maximum Gasteiger partial charge on any atom is 0.269 e. The molecule has 2 N–H and O–H groups in total. The number of benzene rings is 2. The molecule has 0 radical (unpaired) electrons. The number of thioether (sulfide) groups is 1. The second-order valence-corrected chi connectivity index (χ2v) is 5.77. The summed E-state index contributed by atoms with van der Waals surface area (Å²) >= 11 is 6.71. The summed E-state index contributed by atoms with van der Waals surface area (Å²) in [7, 11) is 0. The third-order valence-corrected chi connectivity index (χ3v) is 3.90. The summed E-state index contributed by atoms with van der Waals surface area (Å²) in [6.45, 7) is 0. The van der Waals surface area contributed by atoms with E-state index in [2.05, 4.69) is 10.9 Å². The maximum absolute atomic E-state index is 10.5. The summed E-state index contributed by atoms with van der Waals surface area (Å²) < 4.78 is 0.609. The van der Waals surface area contributed by atoms with Gasteiger partial charge in [-0.25, -0.2) is 0 Å². The number of nitro groups is 1. The lowest BCUT2D eigenvalue weighted by molar-refractivity contribution is -0.384. The van der Waals surface area contributed by atoms with Gasteiger partial charge in [-0.2, -0.15) is 0 Å². The molecule has 0 aromatic heterocycles. The van der Waals surface area contributed by atoms with Crippen molar-refractivity contribution in [2.24, 2.45) is 0 Å². The van der Waals surface area contributed by atoms with Crippen LogP contribution in [0.15, 0.2) is 54.6 Å². The SMILES string of the molecule is O=[N+]([O-])c1ccc(NNC(=S)SCc2ccccc2)cc1. The van der Waals surface area contributed by atoms with E-state index in [0.29, 0.717) is 10.0 Å². The molecular formula is C14H13N3O2S2. The first-order valence-electron chi connectivity index (χ1n) is 6.12. The molecule has 0 amide bonds. The zero-order chi connectivity index (χ0) is 15.1. The number of hydrogen-bond donors (Lipinski definition) is 2. The van der Waals surface area contributed by atoms with Gasteiger partial charge in [0.25, 0.3) is 5.69 Å². The van der Waals surface area contributed by atoms with E-state index in [-0.39, 0.29) is 5.69 Å². The molecule has 7 heteroatoms. The third-order valence-electron chi connectivity index (χ3n) is 2.60. The summed E-state index contributed by atoms with van der Waals surface area (Å²) in [6, 6.07) is 16.1. The number of nitrogens with zero attached hydrogens (tertiary/aromatic N) is 1. The molecule has 0 unspecified atom stereocenters. The summed E-state index contributed by atoms with van der Waals surface area (Å²) in [5.74, 6) is 0.786. The molecule has 0 fully saturated rings. The molecule has 0 heterocycles. The van der Waals surface area contributed by atoms with Gasteiger partial charge in [-0.15, -0.1) is 0 Å². The standard InChI is InChI=1S/C14H13N3O2S2/c18-17(19)13-8-6-12(7-9-13)15-16-14(20)21-10-11-4-2-1-3-5-11/h1-9,15H,10H2,(H,16,20). The predicted molar refractivity (Wildman–Crippen MR) is 90.2 cm³/mol. The molecule has 0 saturated carbocycles. The van der Waals surface area contributed by atoms with Gasteiger partial charge in [-0.3, -0.25) is 21.0 Å². The average molecular weight is 319 g/mol. The Bertz CT molecular complexity index is 618. The van der Waals surface area contributed by atoms with Crippen molar-refractivity contribution in [3.63, 3.8) is 0 Å². The largest absolute Gasteiger partial charge is 0.300 e. The van der Waals surface area contributed by atoms with E-state index in [1.165, 1.54) is 29.5 Å². The van der Waals surface area contributed by atoms with Crippen molar-refractivity contribution in [2.45, 2.75) is 5.75 Å². The van der Waals surface area contributed by atoms with Crippen molar-refractivity contribution in [3.05, 3.63) is 70.3 Å². The average Bonchev–Trinajstić information content (AvgIpc) is 2.52. The monoisotopic (exact) mass is 319 g/mol. The maximum atomic E-state index is 10.5. The Hall–Kier alpha value is -2.12. The highest BCUT2D eigenvalue weighted by Crippen LogP contribution is 2.16. The quantitative estimate of drug-likeness (QED) is 0.497. The Morgan fingerprint density at radius 1 is 1.14 bits per heavy atom. The lowest BCUT2D eigenvalue weighted by atomic mass is 10.2. The summed E-state index contributed by atoms with van der Waals surface area (Å²) in [5.41, 5.74) is 7.77. The Kier molecular flexibility index (Phi) is 5.53. The molecule has 0 saturated heterocycles. The molecule has 0 spiro atoms. The molecule has 108 valence electrons. The van der Waals surface area contributed by atoms with E-state index in [0.717, 1.165) is 5.75 Å². The fourth-order valence-electron chi connectivity index (χ4n) is 1.55. The van der Waals surface area contributed by atoms with Crippen LogP contribution in [-0.2, 0) is 5.75 Å². The first-order chi connectivity index (χ1) is 10.1. The number of hydrazine groups is 1. The Morgan fingerprint density at radius 3 is 2.43 bits per heavy atom. The summed E-state index contributed by atoms with van der Waals surface area (Å²) in [4.78, 5) is 10.1. The zero-order valence-corrected chi connectivity index (χ0v) is 12.6. The number of thiocarbonyl (C=S) groups is 1. The van der Waals surface area contributed by atoms with Gasteiger partial charge in [0.1, 0.15) is 0 Å². The fraction of sp³-hybridized carbons (Fsp3) is 0.0714. The van der Waals surface area contributed by atoms with Crippen LogP contribution in [-0.4, -0.2) is 9.24 Å². The second-order valence-electron chi connectivity index (χ2n) is 4.12. The molecule has 2 aromatic rings. The van der Waals surface area contributed by atoms with E-state index in [1.807, 2.05) is 30.3 Å². The Morgan fingerprint density at radius 2 is 1.81 bits per heavy atom. The van der Waals surface area contributed by atoms with Crippen LogP contribution in [0.5, 0.6) is 0 Å². The second kappa shape index (κ2) is 7.61. The first kappa shape index (κ1) is 15.3. The van der Waals surface area contributed by atoms with Gasteiger partial charge in [0.2, 0.25) is 0 Å². The Labute approximate surface area is 131 Å². The molecule has 5 nitrogen and oxygen atoms in total. The number of rotatable bonds is 5. The minimum atomic E-state index is -0.433. The van der Waals surface area contributed by atoms with Crippen LogP contribution in [0, 0.1) is 10.1 Å². The number of nitro benzene ring substituents is 1. The smallest absolute Gasteiger partial charge is 0.269 e. The van der Waals surface area contributed by atoms with Crippen LogP contribution in [0.1, 0.15) is 5.56 Å². The highest BCUT2D eigenvalue weighted by Gasteiger charge is 2.04. The van der Waals surface area contributed by atoms with Crippen LogP contribution in [0.2, 0.25) is 0 Å². The molecule has 2 aromatic carbocycles. The lowest BCUT2D eigenvalue weighted by Gasteiger charge is -2.10. The molecule has 0 aliphatic rings. The summed E-state index contributed by atoms with van der Waals surface area (Å²) in [5, 5.41) is 10.5. The highest BCUT2D eigenvalue weighted by atomic mass is 32.2. The van der Waals surface area contributed by atoms with Crippen molar-refractivity contribution in [3.8, 4) is 0 Å². The van der Waals surface area contributed by atoms with Gasteiger partial charge in [0, 0.05) is 17.9 Å². The predicted octanol–water partition coefficient (Wildman–Crippen LogP) is 3.73. The molecule has 0 aliphatic carbocycles. The fourth-order valence-corrected chi connectivity index (χ4v) is 2.39. The van der Waals surface area contributed by atoms with Gasteiger partial charge < -0.3 is 0 Å². The molecular weight excluding hydrogens is 306 g/mol. The molecule has 0 aliphatic heterocycles. The van der Waals surface area contributed by atoms with Crippen LogP contribution >= 0.6 is 24.0 Å². The zero-order valence-electron chi connectivity index (χ0n) is 11.0. The van der Waals surface area contributed by atoms with Crippen molar-refractivity contribution < 1.29 is 4.92 Å². The molecule has 0 bridgehead atoms. The molecule has 0 atom stereocenters. The van der Waals surface area contributed by atoms with Gasteiger partial charge in [-0.05, 0) is 17.7 Å². The van der Waals surface area contributed by atoms with E-state index >= 15 is 0 Å². The third kappa shape index (κ3) is 5.05. The van der Waals surface area contributed by atoms with Gasteiger partial charge >= 0.3 is 0 Å². The van der Waals surface area contributed by atoms with Gasteiger partial charge in [-0.1, -0.05) is 54.3 Å². The van der Waals surface area contributed by atoms with E-state index in [9.17, 15) is 10.1 Å². The van der Waals surface area contributed by atoms with Crippen molar-refractivity contribution >= 4 is 39.7 Å². The van der Waals surface area contributed by atoms with E-state index in [1.54, 1.807) is 12.1 Å². The van der Waals surface area contributed by atoms with Gasteiger partial charge in [0.15, 0.2) is 4.32 Å².